The Hall–Kier alpha value is -1.95. The first-order chi connectivity index (χ1) is 11.6. The van der Waals surface area contributed by atoms with E-state index in [1.54, 1.807) is 12.1 Å². The van der Waals surface area contributed by atoms with Gasteiger partial charge in [-0.25, -0.2) is 4.39 Å². The average molecular weight is 350 g/mol. The highest BCUT2D eigenvalue weighted by molar-refractivity contribution is 6.31. The second kappa shape index (κ2) is 6.16. The standard InChI is InChI=1S/C17H17ClFN3O2/c18-13-5-1-4-12(14(13)19)15-20-16(24-21-15)11-3-2-8-22(9-11)17(23)10-6-7-10/h1,4-5,10-11H,2-3,6-9H2. The van der Waals surface area contributed by atoms with Gasteiger partial charge in [0.1, 0.15) is 0 Å². The third-order valence-electron chi connectivity index (χ3n) is 4.64. The minimum atomic E-state index is -0.555. The van der Waals surface area contributed by atoms with Crippen molar-refractivity contribution in [1.29, 1.82) is 0 Å². The molecule has 1 aliphatic carbocycles. The summed E-state index contributed by atoms with van der Waals surface area (Å²) in [6, 6.07) is 4.69. The van der Waals surface area contributed by atoms with Crippen molar-refractivity contribution in [2.45, 2.75) is 31.6 Å². The van der Waals surface area contributed by atoms with Gasteiger partial charge in [-0.05, 0) is 37.8 Å². The average Bonchev–Trinajstić information content (AvgIpc) is 3.34. The van der Waals surface area contributed by atoms with Gasteiger partial charge in [0.25, 0.3) is 0 Å². The van der Waals surface area contributed by atoms with E-state index in [0.717, 1.165) is 32.2 Å². The van der Waals surface area contributed by atoms with Crippen LogP contribution >= 0.6 is 11.6 Å². The first kappa shape index (κ1) is 15.6. The van der Waals surface area contributed by atoms with Crippen molar-refractivity contribution < 1.29 is 13.7 Å². The number of aromatic nitrogens is 2. The van der Waals surface area contributed by atoms with E-state index in [4.69, 9.17) is 16.1 Å². The predicted molar refractivity (Wildman–Crippen MR) is 86.0 cm³/mol. The SMILES string of the molecule is O=C(C1CC1)N1CCCC(c2nc(-c3cccc(Cl)c3F)no2)C1. The number of benzene rings is 1. The van der Waals surface area contributed by atoms with Crippen LogP contribution in [0.4, 0.5) is 4.39 Å². The van der Waals surface area contributed by atoms with E-state index in [1.165, 1.54) is 6.07 Å². The van der Waals surface area contributed by atoms with Crippen LogP contribution in [0.15, 0.2) is 22.7 Å². The molecule has 0 bridgehead atoms. The lowest BCUT2D eigenvalue weighted by Gasteiger charge is -2.31. The Morgan fingerprint density at radius 2 is 2.17 bits per heavy atom. The van der Waals surface area contributed by atoms with Crippen molar-refractivity contribution >= 4 is 17.5 Å². The molecule has 1 unspecified atom stereocenters. The molecule has 1 saturated carbocycles. The van der Waals surface area contributed by atoms with Gasteiger partial charge in [0.05, 0.1) is 16.5 Å². The molecule has 5 nitrogen and oxygen atoms in total. The lowest BCUT2D eigenvalue weighted by atomic mass is 9.97. The third kappa shape index (κ3) is 2.90. The number of piperidine rings is 1. The van der Waals surface area contributed by atoms with Crippen molar-refractivity contribution in [2.75, 3.05) is 13.1 Å². The predicted octanol–water partition coefficient (Wildman–Crippen LogP) is 3.65. The van der Waals surface area contributed by atoms with Crippen LogP contribution in [0.25, 0.3) is 11.4 Å². The first-order valence-electron chi connectivity index (χ1n) is 8.20. The van der Waals surface area contributed by atoms with Crippen LogP contribution in [0.5, 0.6) is 0 Å². The Morgan fingerprint density at radius 3 is 2.96 bits per heavy atom. The van der Waals surface area contributed by atoms with E-state index < -0.39 is 5.82 Å². The van der Waals surface area contributed by atoms with Crippen molar-refractivity contribution in [3.8, 4) is 11.4 Å². The molecule has 2 heterocycles. The number of carbonyl (C=O) groups excluding carboxylic acids is 1. The van der Waals surface area contributed by atoms with E-state index in [1.807, 2.05) is 4.90 Å². The summed E-state index contributed by atoms with van der Waals surface area (Å²) in [5.41, 5.74) is 0.222. The highest BCUT2D eigenvalue weighted by Gasteiger charge is 2.36. The number of hydrogen-bond acceptors (Lipinski definition) is 4. The molecule has 1 atom stereocenters. The highest BCUT2D eigenvalue weighted by Crippen LogP contribution is 2.34. The maximum atomic E-state index is 14.1. The smallest absolute Gasteiger partial charge is 0.231 e. The Bertz CT molecular complexity index is 775. The molecule has 1 aromatic heterocycles. The molecule has 0 N–H and O–H groups in total. The van der Waals surface area contributed by atoms with Crippen molar-refractivity contribution in [1.82, 2.24) is 15.0 Å². The molecule has 1 amide bonds. The quantitative estimate of drug-likeness (QED) is 0.848. The first-order valence-corrected chi connectivity index (χ1v) is 8.58. The van der Waals surface area contributed by atoms with Gasteiger partial charge in [0, 0.05) is 19.0 Å². The van der Waals surface area contributed by atoms with E-state index in [2.05, 4.69) is 10.1 Å². The highest BCUT2D eigenvalue weighted by atomic mass is 35.5. The van der Waals surface area contributed by atoms with Gasteiger partial charge in [0.15, 0.2) is 5.82 Å². The fourth-order valence-electron chi connectivity index (χ4n) is 3.15. The van der Waals surface area contributed by atoms with Gasteiger partial charge in [-0.3, -0.25) is 4.79 Å². The maximum absolute atomic E-state index is 14.1. The molecule has 1 saturated heterocycles. The summed E-state index contributed by atoms with van der Waals surface area (Å²) in [5, 5.41) is 3.92. The van der Waals surface area contributed by atoms with Gasteiger partial charge in [-0.15, -0.1) is 0 Å². The number of carbonyl (C=O) groups is 1. The Morgan fingerprint density at radius 1 is 1.33 bits per heavy atom. The zero-order valence-electron chi connectivity index (χ0n) is 13.0. The zero-order chi connectivity index (χ0) is 16.7. The molecule has 126 valence electrons. The normalized spacial score (nSPS) is 21.1. The van der Waals surface area contributed by atoms with Crippen LogP contribution in [-0.4, -0.2) is 34.0 Å². The van der Waals surface area contributed by atoms with Crippen LogP contribution in [0.1, 0.15) is 37.5 Å². The second-order valence-corrected chi connectivity index (χ2v) is 6.86. The number of likely N-dealkylation sites (tertiary alicyclic amines) is 1. The van der Waals surface area contributed by atoms with Crippen LogP contribution in [0.3, 0.4) is 0 Å². The minimum Gasteiger partial charge on any atom is -0.342 e. The fraction of sp³-hybridized carbons (Fsp3) is 0.471. The summed E-state index contributed by atoms with van der Waals surface area (Å²) in [5.74, 6) is 0.543. The molecule has 2 aromatic rings. The van der Waals surface area contributed by atoms with Crippen LogP contribution in [0, 0.1) is 11.7 Å². The monoisotopic (exact) mass is 349 g/mol. The van der Waals surface area contributed by atoms with Gasteiger partial charge in [0.2, 0.25) is 17.6 Å². The topological polar surface area (TPSA) is 59.2 Å². The van der Waals surface area contributed by atoms with Gasteiger partial charge in [-0.1, -0.05) is 22.8 Å². The van der Waals surface area contributed by atoms with Crippen molar-refractivity contribution in [3.63, 3.8) is 0 Å². The maximum Gasteiger partial charge on any atom is 0.231 e. The Balaban J connectivity index is 1.53. The molecule has 24 heavy (non-hydrogen) atoms. The van der Waals surface area contributed by atoms with E-state index in [9.17, 15) is 9.18 Å². The van der Waals surface area contributed by atoms with Gasteiger partial charge in [-0.2, -0.15) is 4.98 Å². The number of nitrogens with zero attached hydrogens (tertiary/aromatic N) is 3. The lowest BCUT2D eigenvalue weighted by molar-refractivity contribution is -0.133. The van der Waals surface area contributed by atoms with Crippen LogP contribution < -0.4 is 0 Å². The molecule has 7 heteroatoms. The zero-order valence-corrected chi connectivity index (χ0v) is 13.8. The summed E-state index contributed by atoms with van der Waals surface area (Å²) in [6.07, 6.45) is 3.79. The molecule has 2 aliphatic rings. The molecule has 2 fully saturated rings. The number of hydrogen-bond donors (Lipinski definition) is 0. The van der Waals surface area contributed by atoms with Gasteiger partial charge < -0.3 is 9.42 Å². The number of halogens is 2. The second-order valence-electron chi connectivity index (χ2n) is 6.46. The summed E-state index contributed by atoms with van der Waals surface area (Å²) in [4.78, 5) is 18.5. The minimum absolute atomic E-state index is 0.00458. The fourth-order valence-corrected chi connectivity index (χ4v) is 3.33. The summed E-state index contributed by atoms with van der Waals surface area (Å²) in [6.45, 7) is 1.38. The Labute approximate surface area is 143 Å². The Kier molecular flexibility index (Phi) is 4.00. The molecule has 1 aromatic carbocycles. The largest absolute Gasteiger partial charge is 0.342 e. The van der Waals surface area contributed by atoms with E-state index >= 15 is 0 Å². The summed E-state index contributed by atoms with van der Waals surface area (Å²) in [7, 11) is 0. The van der Waals surface area contributed by atoms with Crippen molar-refractivity contribution in [3.05, 3.63) is 34.9 Å². The van der Waals surface area contributed by atoms with Crippen molar-refractivity contribution in [2.24, 2.45) is 5.92 Å². The third-order valence-corrected chi connectivity index (χ3v) is 4.94. The molecule has 1 aliphatic heterocycles. The van der Waals surface area contributed by atoms with Gasteiger partial charge >= 0.3 is 0 Å². The molecule has 0 spiro atoms. The van der Waals surface area contributed by atoms with Crippen LogP contribution in [0.2, 0.25) is 5.02 Å². The molecular weight excluding hydrogens is 333 g/mol. The van der Waals surface area contributed by atoms with E-state index in [-0.39, 0.29) is 34.2 Å². The molecule has 0 radical (unpaired) electrons. The summed E-state index contributed by atoms with van der Waals surface area (Å²) < 4.78 is 19.4. The van der Waals surface area contributed by atoms with E-state index in [0.29, 0.717) is 12.4 Å². The summed E-state index contributed by atoms with van der Waals surface area (Å²) >= 11 is 5.80. The van der Waals surface area contributed by atoms with Crippen LogP contribution in [-0.2, 0) is 4.79 Å². The number of amides is 1. The molecular formula is C17H17ClFN3O2. The molecule has 4 rings (SSSR count). The lowest BCUT2D eigenvalue weighted by Crippen LogP contribution is -2.40. The number of rotatable bonds is 3.